The highest BCUT2D eigenvalue weighted by Crippen LogP contribution is 2.27. The van der Waals surface area contributed by atoms with Crippen molar-refractivity contribution >= 4 is 23.6 Å². The number of carbonyl (C=O) groups is 2. The summed E-state index contributed by atoms with van der Waals surface area (Å²) in [5.74, 6) is 0.130. The summed E-state index contributed by atoms with van der Waals surface area (Å²) in [6.07, 6.45) is 2.75. The van der Waals surface area contributed by atoms with Crippen LogP contribution in [0.1, 0.15) is 32.8 Å². The number of likely N-dealkylation sites (tertiary alicyclic amines) is 1. The molecule has 0 spiro atoms. The molecule has 0 aliphatic carbocycles. The molecule has 2 atom stereocenters. The zero-order chi connectivity index (χ0) is 18.4. The number of carbonyl (C=O) groups excluding carboxylic acids is 2. The Labute approximate surface area is 155 Å². The van der Waals surface area contributed by atoms with E-state index in [0.717, 1.165) is 6.54 Å². The van der Waals surface area contributed by atoms with Gasteiger partial charge in [0, 0.05) is 44.0 Å². The van der Waals surface area contributed by atoms with Crippen LogP contribution in [0.15, 0.2) is 29.2 Å². The molecule has 0 aromatic heterocycles. The maximum Gasteiger partial charge on any atom is 0.240 e. The highest BCUT2D eigenvalue weighted by atomic mass is 32.2. The molecule has 5 nitrogen and oxygen atoms in total. The SMILES string of the molecule is CCN(CC)C(=O)[C@@H]1C[C@H](NC(C)=O)CN1Cc1ccccc1SC. The molecular weight excluding hydrogens is 334 g/mol. The average molecular weight is 364 g/mol. The van der Waals surface area contributed by atoms with Gasteiger partial charge in [0.25, 0.3) is 0 Å². The molecule has 25 heavy (non-hydrogen) atoms. The van der Waals surface area contributed by atoms with Gasteiger partial charge in [0.05, 0.1) is 6.04 Å². The second-order valence-corrected chi connectivity index (χ2v) is 7.25. The van der Waals surface area contributed by atoms with Crippen molar-refractivity contribution in [3.05, 3.63) is 29.8 Å². The van der Waals surface area contributed by atoms with Gasteiger partial charge >= 0.3 is 0 Å². The number of hydrogen-bond donors (Lipinski definition) is 1. The van der Waals surface area contributed by atoms with Gasteiger partial charge in [0.1, 0.15) is 0 Å². The number of benzene rings is 1. The van der Waals surface area contributed by atoms with E-state index < -0.39 is 0 Å². The predicted octanol–water partition coefficient (Wildman–Crippen LogP) is 2.36. The van der Waals surface area contributed by atoms with Crippen molar-refractivity contribution in [3.8, 4) is 0 Å². The molecule has 1 fully saturated rings. The van der Waals surface area contributed by atoms with E-state index in [1.165, 1.54) is 17.4 Å². The maximum absolute atomic E-state index is 13.0. The van der Waals surface area contributed by atoms with E-state index in [1.54, 1.807) is 11.8 Å². The van der Waals surface area contributed by atoms with E-state index in [4.69, 9.17) is 0 Å². The van der Waals surface area contributed by atoms with E-state index in [1.807, 2.05) is 30.9 Å². The third kappa shape index (κ3) is 4.98. The molecule has 1 N–H and O–H groups in total. The third-order valence-corrected chi connectivity index (χ3v) is 5.58. The van der Waals surface area contributed by atoms with Crippen molar-refractivity contribution in [2.75, 3.05) is 25.9 Å². The largest absolute Gasteiger partial charge is 0.352 e. The predicted molar refractivity (Wildman–Crippen MR) is 103 cm³/mol. The lowest BCUT2D eigenvalue weighted by Crippen LogP contribution is -2.45. The van der Waals surface area contributed by atoms with Crippen molar-refractivity contribution < 1.29 is 9.59 Å². The monoisotopic (exact) mass is 363 g/mol. The molecule has 1 aromatic rings. The fourth-order valence-corrected chi connectivity index (χ4v) is 4.14. The van der Waals surface area contributed by atoms with Crippen LogP contribution in [-0.4, -0.2) is 59.6 Å². The second kappa shape index (κ2) is 9.25. The lowest BCUT2D eigenvalue weighted by atomic mass is 10.1. The summed E-state index contributed by atoms with van der Waals surface area (Å²) >= 11 is 1.72. The fraction of sp³-hybridized carbons (Fsp3) is 0.579. The minimum atomic E-state index is -0.174. The van der Waals surface area contributed by atoms with E-state index >= 15 is 0 Å². The summed E-state index contributed by atoms with van der Waals surface area (Å²) in [6, 6.07) is 8.17. The minimum Gasteiger partial charge on any atom is -0.352 e. The first-order valence-electron chi connectivity index (χ1n) is 8.91. The molecule has 1 aliphatic heterocycles. The van der Waals surface area contributed by atoms with E-state index in [-0.39, 0.29) is 23.9 Å². The summed E-state index contributed by atoms with van der Waals surface area (Å²) in [4.78, 5) is 29.8. The lowest BCUT2D eigenvalue weighted by Gasteiger charge is -2.29. The van der Waals surface area contributed by atoms with Crippen LogP contribution < -0.4 is 5.32 Å². The van der Waals surface area contributed by atoms with Gasteiger partial charge in [-0.15, -0.1) is 11.8 Å². The van der Waals surface area contributed by atoms with E-state index in [0.29, 0.717) is 26.1 Å². The second-order valence-electron chi connectivity index (χ2n) is 6.40. The Balaban J connectivity index is 2.21. The van der Waals surface area contributed by atoms with Crippen molar-refractivity contribution in [3.63, 3.8) is 0 Å². The van der Waals surface area contributed by atoms with Crippen LogP contribution in [-0.2, 0) is 16.1 Å². The zero-order valence-corrected chi connectivity index (χ0v) is 16.4. The van der Waals surface area contributed by atoms with Crippen LogP contribution in [0.5, 0.6) is 0 Å². The maximum atomic E-state index is 13.0. The first-order chi connectivity index (χ1) is 12.0. The van der Waals surface area contributed by atoms with Crippen molar-refractivity contribution in [1.29, 1.82) is 0 Å². The molecule has 2 rings (SSSR count). The van der Waals surface area contributed by atoms with Gasteiger partial charge in [0.15, 0.2) is 0 Å². The molecule has 0 radical (unpaired) electrons. The fourth-order valence-electron chi connectivity index (χ4n) is 3.53. The van der Waals surface area contributed by atoms with Crippen LogP contribution in [0, 0.1) is 0 Å². The molecule has 1 saturated heterocycles. The number of hydrogen-bond acceptors (Lipinski definition) is 4. The number of amides is 2. The summed E-state index contributed by atoms with van der Waals surface area (Å²) in [6.45, 7) is 8.42. The Morgan fingerprint density at radius 2 is 1.96 bits per heavy atom. The van der Waals surface area contributed by atoms with E-state index in [2.05, 4.69) is 28.6 Å². The van der Waals surface area contributed by atoms with Gasteiger partial charge in [-0.1, -0.05) is 18.2 Å². The number of thioether (sulfide) groups is 1. The standard InChI is InChI=1S/C19H29N3O2S/c1-5-21(6-2)19(24)17-11-16(20-14(3)23)13-22(17)12-15-9-7-8-10-18(15)25-4/h7-10,16-17H,5-6,11-13H2,1-4H3,(H,20,23)/t16-,17-/m0/s1. The molecule has 0 unspecified atom stereocenters. The molecule has 0 bridgehead atoms. The molecule has 1 aliphatic rings. The Kier molecular flexibility index (Phi) is 7.32. The lowest BCUT2D eigenvalue weighted by molar-refractivity contribution is -0.135. The van der Waals surface area contributed by atoms with Crippen molar-refractivity contribution in [1.82, 2.24) is 15.1 Å². The van der Waals surface area contributed by atoms with Crippen molar-refractivity contribution in [2.24, 2.45) is 0 Å². The van der Waals surface area contributed by atoms with Gasteiger partial charge in [-0.3, -0.25) is 14.5 Å². The number of nitrogens with one attached hydrogen (secondary N) is 1. The molecule has 2 amide bonds. The Morgan fingerprint density at radius 3 is 2.56 bits per heavy atom. The molecule has 138 valence electrons. The zero-order valence-electron chi connectivity index (χ0n) is 15.6. The van der Waals surface area contributed by atoms with Gasteiger partial charge in [-0.2, -0.15) is 0 Å². The smallest absolute Gasteiger partial charge is 0.240 e. The van der Waals surface area contributed by atoms with E-state index in [9.17, 15) is 9.59 Å². The number of nitrogens with zero attached hydrogens (tertiary/aromatic N) is 2. The summed E-state index contributed by atoms with van der Waals surface area (Å²) in [7, 11) is 0. The Bertz CT molecular complexity index is 604. The molecule has 0 saturated carbocycles. The van der Waals surface area contributed by atoms with Gasteiger partial charge in [0.2, 0.25) is 11.8 Å². The van der Waals surface area contributed by atoms with Crippen molar-refractivity contribution in [2.45, 2.75) is 50.7 Å². The molecule has 6 heteroatoms. The topological polar surface area (TPSA) is 52.7 Å². The van der Waals surface area contributed by atoms with Crippen LogP contribution >= 0.6 is 11.8 Å². The normalized spacial score (nSPS) is 20.5. The third-order valence-electron chi connectivity index (χ3n) is 4.74. The highest BCUT2D eigenvalue weighted by molar-refractivity contribution is 7.98. The van der Waals surface area contributed by atoms with Gasteiger partial charge in [-0.05, 0) is 38.2 Å². The van der Waals surface area contributed by atoms with Crippen LogP contribution in [0.25, 0.3) is 0 Å². The quantitative estimate of drug-likeness (QED) is 0.756. The van der Waals surface area contributed by atoms with Crippen LogP contribution in [0.3, 0.4) is 0 Å². The minimum absolute atomic E-state index is 0.0310. The first-order valence-corrected chi connectivity index (χ1v) is 10.1. The number of likely N-dealkylation sites (N-methyl/N-ethyl adjacent to an activating group) is 1. The van der Waals surface area contributed by atoms with Crippen LogP contribution in [0.4, 0.5) is 0 Å². The Morgan fingerprint density at radius 1 is 1.28 bits per heavy atom. The summed E-state index contributed by atoms with van der Waals surface area (Å²) in [5, 5.41) is 2.99. The number of rotatable bonds is 7. The summed E-state index contributed by atoms with van der Waals surface area (Å²) in [5.41, 5.74) is 1.23. The first kappa shape index (κ1) is 19.8. The Hall–Kier alpha value is -1.53. The summed E-state index contributed by atoms with van der Waals surface area (Å²) < 4.78 is 0. The molecule has 1 heterocycles. The van der Waals surface area contributed by atoms with Gasteiger partial charge in [-0.25, -0.2) is 0 Å². The van der Waals surface area contributed by atoms with Gasteiger partial charge < -0.3 is 10.2 Å². The average Bonchev–Trinajstić information content (AvgIpc) is 2.97. The highest BCUT2D eigenvalue weighted by Gasteiger charge is 2.38. The van der Waals surface area contributed by atoms with Crippen LogP contribution in [0.2, 0.25) is 0 Å². The molecule has 1 aromatic carbocycles. The molecular formula is C19H29N3O2S.